The molecule has 4 amide bonds. The van der Waals surface area contributed by atoms with Gasteiger partial charge in [-0.15, -0.1) is 0 Å². The third-order valence-electron chi connectivity index (χ3n) is 5.21. The van der Waals surface area contributed by atoms with Gasteiger partial charge in [-0.05, 0) is 60.5 Å². The third-order valence-corrected chi connectivity index (χ3v) is 5.51. The van der Waals surface area contributed by atoms with E-state index in [0.29, 0.717) is 34.4 Å². The molecule has 0 unspecified atom stereocenters. The zero-order valence-electron chi connectivity index (χ0n) is 18.5. The fourth-order valence-corrected chi connectivity index (χ4v) is 3.60. The van der Waals surface area contributed by atoms with Crippen LogP contribution in [0.25, 0.3) is 6.08 Å². The Bertz CT molecular complexity index is 1280. The topological polar surface area (TPSA) is 84.9 Å². The van der Waals surface area contributed by atoms with E-state index in [1.165, 1.54) is 13.2 Å². The molecule has 0 bridgehead atoms. The predicted octanol–water partition coefficient (Wildman–Crippen LogP) is 4.90. The van der Waals surface area contributed by atoms with Crippen LogP contribution in [0.4, 0.5) is 10.5 Å². The van der Waals surface area contributed by atoms with Gasteiger partial charge in [-0.1, -0.05) is 47.5 Å². The fraction of sp³-hybridized carbons (Fsp3) is 0.115. The largest absolute Gasteiger partial charge is 0.497 e. The zero-order chi connectivity index (χ0) is 24.2. The van der Waals surface area contributed by atoms with Crippen molar-refractivity contribution in [2.24, 2.45) is 0 Å². The summed E-state index contributed by atoms with van der Waals surface area (Å²) in [6, 6.07) is 18.4. The average molecular weight is 477 g/mol. The maximum absolute atomic E-state index is 13.0. The minimum Gasteiger partial charge on any atom is -0.497 e. The van der Waals surface area contributed by atoms with E-state index in [1.807, 2.05) is 31.2 Å². The molecule has 0 atom stereocenters. The van der Waals surface area contributed by atoms with Gasteiger partial charge in [0.2, 0.25) is 0 Å². The number of aryl methyl sites for hydroxylation is 1. The highest BCUT2D eigenvalue weighted by molar-refractivity contribution is 6.39. The fourth-order valence-electron chi connectivity index (χ4n) is 3.36. The molecule has 1 fully saturated rings. The Balaban J connectivity index is 1.54. The van der Waals surface area contributed by atoms with Crippen molar-refractivity contribution in [2.75, 3.05) is 12.0 Å². The number of methoxy groups -OCH3 is 1. The number of imide groups is 2. The first kappa shape index (κ1) is 23.1. The lowest BCUT2D eigenvalue weighted by Crippen LogP contribution is -2.54. The van der Waals surface area contributed by atoms with Crippen LogP contribution < -0.4 is 19.7 Å². The molecule has 1 aliphatic heterocycles. The van der Waals surface area contributed by atoms with Crippen LogP contribution in [0, 0.1) is 6.92 Å². The highest BCUT2D eigenvalue weighted by atomic mass is 35.5. The van der Waals surface area contributed by atoms with Gasteiger partial charge in [0, 0.05) is 0 Å². The van der Waals surface area contributed by atoms with Crippen molar-refractivity contribution in [1.29, 1.82) is 0 Å². The molecule has 1 heterocycles. The van der Waals surface area contributed by atoms with Crippen molar-refractivity contribution in [2.45, 2.75) is 13.5 Å². The van der Waals surface area contributed by atoms with Crippen LogP contribution in [0.1, 0.15) is 16.7 Å². The molecule has 0 saturated carbocycles. The number of rotatable bonds is 6. The number of anilines is 1. The second-order valence-electron chi connectivity index (χ2n) is 7.62. The summed E-state index contributed by atoms with van der Waals surface area (Å²) < 4.78 is 10.9. The number of carbonyl (C=O) groups excluding carboxylic acids is 3. The second-order valence-corrected chi connectivity index (χ2v) is 8.03. The molecule has 4 rings (SSSR count). The smallest absolute Gasteiger partial charge is 0.335 e. The van der Waals surface area contributed by atoms with Gasteiger partial charge in [0.25, 0.3) is 11.8 Å². The summed E-state index contributed by atoms with van der Waals surface area (Å²) >= 11 is 6.37. The maximum atomic E-state index is 13.0. The number of amides is 4. The number of barbiturate groups is 1. The predicted molar refractivity (Wildman–Crippen MR) is 129 cm³/mol. The van der Waals surface area contributed by atoms with Crippen LogP contribution in [0.2, 0.25) is 5.02 Å². The summed E-state index contributed by atoms with van der Waals surface area (Å²) in [6.07, 6.45) is 1.39. The molecule has 0 aliphatic carbocycles. The van der Waals surface area contributed by atoms with Gasteiger partial charge in [-0.25, -0.2) is 9.69 Å². The Morgan fingerprint density at radius 3 is 2.32 bits per heavy atom. The third kappa shape index (κ3) is 4.94. The number of nitrogens with zero attached hydrogens (tertiary/aromatic N) is 1. The van der Waals surface area contributed by atoms with E-state index < -0.39 is 17.8 Å². The number of carbonyl (C=O) groups is 3. The number of hydrogen-bond acceptors (Lipinski definition) is 5. The van der Waals surface area contributed by atoms with Crippen molar-refractivity contribution in [3.05, 3.63) is 94.0 Å². The van der Waals surface area contributed by atoms with Crippen LogP contribution in [0.15, 0.2) is 72.3 Å². The highest BCUT2D eigenvalue weighted by Crippen LogP contribution is 2.29. The van der Waals surface area contributed by atoms with E-state index in [9.17, 15) is 14.4 Å². The summed E-state index contributed by atoms with van der Waals surface area (Å²) in [5.74, 6) is -0.482. The summed E-state index contributed by atoms with van der Waals surface area (Å²) in [4.78, 5) is 38.7. The Labute approximate surface area is 201 Å². The average Bonchev–Trinajstić information content (AvgIpc) is 2.82. The van der Waals surface area contributed by atoms with Gasteiger partial charge in [-0.3, -0.25) is 14.9 Å². The summed E-state index contributed by atoms with van der Waals surface area (Å²) in [5, 5.41) is 2.52. The summed E-state index contributed by atoms with van der Waals surface area (Å²) in [5.41, 5.74) is 2.78. The van der Waals surface area contributed by atoms with Gasteiger partial charge in [-0.2, -0.15) is 0 Å². The van der Waals surface area contributed by atoms with Crippen LogP contribution in [-0.2, 0) is 16.2 Å². The number of hydrogen-bond donors (Lipinski definition) is 1. The molecule has 1 saturated heterocycles. The molecule has 0 aromatic heterocycles. The minimum atomic E-state index is -0.824. The van der Waals surface area contributed by atoms with Crippen molar-refractivity contribution in [3.63, 3.8) is 0 Å². The summed E-state index contributed by atoms with van der Waals surface area (Å²) in [7, 11) is 1.51. The first-order valence-corrected chi connectivity index (χ1v) is 10.8. The lowest BCUT2D eigenvalue weighted by molar-refractivity contribution is -0.122. The Morgan fingerprint density at radius 1 is 0.971 bits per heavy atom. The first-order chi connectivity index (χ1) is 16.4. The van der Waals surface area contributed by atoms with Gasteiger partial charge in [0.05, 0.1) is 17.8 Å². The Kier molecular flexibility index (Phi) is 6.65. The Hall–Kier alpha value is -4.10. The van der Waals surface area contributed by atoms with Gasteiger partial charge in [0.15, 0.2) is 0 Å². The van der Waals surface area contributed by atoms with Crippen molar-refractivity contribution < 1.29 is 23.9 Å². The molecule has 8 heteroatoms. The van der Waals surface area contributed by atoms with Crippen molar-refractivity contribution >= 4 is 41.2 Å². The van der Waals surface area contributed by atoms with Crippen molar-refractivity contribution in [1.82, 2.24) is 5.32 Å². The van der Waals surface area contributed by atoms with E-state index in [1.54, 1.807) is 42.5 Å². The van der Waals surface area contributed by atoms with Crippen LogP contribution in [-0.4, -0.2) is 25.0 Å². The van der Waals surface area contributed by atoms with E-state index >= 15 is 0 Å². The van der Waals surface area contributed by atoms with Gasteiger partial charge in [0.1, 0.15) is 23.7 Å². The molecular weight excluding hydrogens is 456 g/mol. The van der Waals surface area contributed by atoms with Gasteiger partial charge >= 0.3 is 6.03 Å². The van der Waals surface area contributed by atoms with E-state index in [2.05, 4.69) is 5.32 Å². The first-order valence-electron chi connectivity index (χ1n) is 10.4. The number of nitrogens with one attached hydrogen (secondary N) is 1. The number of benzene rings is 3. The molecule has 1 aliphatic rings. The molecule has 0 radical (unpaired) electrons. The van der Waals surface area contributed by atoms with Crippen LogP contribution in [0.5, 0.6) is 11.5 Å². The molecule has 7 nitrogen and oxygen atoms in total. The monoisotopic (exact) mass is 476 g/mol. The van der Waals surface area contributed by atoms with Crippen LogP contribution >= 0.6 is 11.6 Å². The minimum absolute atomic E-state index is 0.195. The van der Waals surface area contributed by atoms with Crippen molar-refractivity contribution in [3.8, 4) is 11.5 Å². The van der Waals surface area contributed by atoms with Crippen LogP contribution in [0.3, 0.4) is 0 Å². The summed E-state index contributed by atoms with van der Waals surface area (Å²) in [6.45, 7) is 2.36. The van der Waals surface area contributed by atoms with E-state index in [-0.39, 0.29) is 5.57 Å². The standard InChI is InChI=1S/C26H21ClN2O5/c1-16-3-5-17(6-4-16)15-34-23-12-7-18(14-22(23)27)13-21-24(30)28-26(32)29(25(21)31)19-8-10-20(33-2)11-9-19/h3-14H,15H2,1-2H3,(H,28,30,32)/b21-13+. The highest BCUT2D eigenvalue weighted by Gasteiger charge is 2.36. The molecule has 1 N–H and O–H groups in total. The molecule has 3 aromatic rings. The quantitative estimate of drug-likeness (QED) is 0.404. The number of ether oxygens (including phenoxy) is 2. The normalized spacial score (nSPS) is 14.9. The second kappa shape index (κ2) is 9.80. The molecular formula is C26H21ClN2O5. The SMILES string of the molecule is COc1ccc(N2C(=O)NC(=O)/C(=C\c3ccc(OCc4ccc(C)cc4)c(Cl)c3)C2=O)cc1. The Morgan fingerprint density at radius 2 is 1.68 bits per heavy atom. The molecule has 34 heavy (non-hydrogen) atoms. The molecule has 172 valence electrons. The van der Waals surface area contributed by atoms with E-state index in [4.69, 9.17) is 21.1 Å². The molecule has 0 spiro atoms. The number of halogens is 1. The van der Waals surface area contributed by atoms with Gasteiger partial charge < -0.3 is 9.47 Å². The van der Waals surface area contributed by atoms with E-state index in [0.717, 1.165) is 16.0 Å². The lowest BCUT2D eigenvalue weighted by atomic mass is 10.1. The lowest BCUT2D eigenvalue weighted by Gasteiger charge is -2.26. The zero-order valence-corrected chi connectivity index (χ0v) is 19.3. The maximum Gasteiger partial charge on any atom is 0.335 e. The number of urea groups is 1. The molecule has 3 aromatic carbocycles.